The maximum atomic E-state index is 13.2. The number of nitrogens with zero attached hydrogens (tertiary/aromatic N) is 2. The summed E-state index contributed by atoms with van der Waals surface area (Å²) < 4.78 is 0. The normalized spacial score (nSPS) is 19.3. The molecule has 0 saturated carbocycles. The van der Waals surface area contributed by atoms with Crippen molar-refractivity contribution in [2.45, 2.75) is 25.8 Å². The summed E-state index contributed by atoms with van der Waals surface area (Å²) in [6, 6.07) is 17.1. The Morgan fingerprint density at radius 2 is 1.83 bits per heavy atom. The van der Waals surface area contributed by atoms with Crippen LogP contribution in [0.3, 0.4) is 0 Å². The number of para-hydroxylation sites is 1. The van der Waals surface area contributed by atoms with Crippen LogP contribution >= 0.6 is 0 Å². The summed E-state index contributed by atoms with van der Waals surface area (Å²) >= 11 is 0. The lowest BCUT2D eigenvalue weighted by Gasteiger charge is -2.21. The fraction of sp³-hybridized carbons (Fsp3) is 0.208. The lowest BCUT2D eigenvalue weighted by Crippen LogP contribution is -2.34. The summed E-state index contributed by atoms with van der Waals surface area (Å²) in [7, 11) is 0. The number of hydrogen-bond acceptors (Lipinski definition) is 3. The molecule has 30 heavy (non-hydrogen) atoms. The van der Waals surface area contributed by atoms with Crippen molar-refractivity contribution < 1.29 is 9.59 Å². The summed E-state index contributed by atoms with van der Waals surface area (Å²) in [5.74, 6) is 0.0487. The molecule has 0 fully saturated rings. The Morgan fingerprint density at radius 3 is 2.63 bits per heavy atom. The van der Waals surface area contributed by atoms with Gasteiger partial charge in [0.1, 0.15) is 5.69 Å². The molecule has 3 amide bonds. The lowest BCUT2D eigenvalue weighted by atomic mass is 9.95. The van der Waals surface area contributed by atoms with Crippen LogP contribution in [0.4, 0.5) is 16.2 Å². The zero-order valence-electron chi connectivity index (χ0n) is 16.8. The number of carbonyl (C=O) groups is 2. The van der Waals surface area contributed by atoms with Crippen molar-refractivity contribution >= 4 is 23.3 Å². The molecule has 2 unspecified atom stereocenters. The third-order valence-corrected chi connectivity index (χ3v) is 5.97. The maximum absolute atomic E-state index is 13.2. The van der Waals surface area contributed by atoms with Gasteiger partial charge in [-0.3, -0.25) is 14.7 Å². The van der Waals surface area contributed by atoms with Gasteiger partial charge in [-0.25, -0.2) is 4.79 Å². The van der Waals surface area contributed by atoms with Gasteiger partial charge in [0.05, 0.1) is 11.7 Å². The molecule has 5 rings (SSSR count). The first-order valence-corrected chi connectivity index (χ1v) is 10.1. The largest absolute Gasteiger partial charge is 0.340 e. The van der Waals surface area contributed by atoms with Crippen LogP contribution in [0.1, 0.15) is 51.6 Å². The van der Waals surface area contributed by atoms with Crippen molar-refractivity contribution in [2.75, 3.05) is 16.8 Å². The highest BCUT2D eigenvalue weighted by atomic mass is 16.2. The average molecular weight is 398 g/mol. The smallest absolute Gasteiger partial charge is 0.326 e. The number of urea groups is 1. The summed E-state index contributed by atoms with van der Waals surface area (Å²) in [6.45, 7) is 4.75. The quantitative estimate of drug-likeness (QED) is 0.673. The van der Waals surface area contributed by atoms with E-state index >= 15 is 0 Å². The van der Waals surface area contributed by atoms with E-state index in [0.717, 1.165) is 16.8 Å². The zero-order chi connectivity index (χ0) is 20.8. The van der Waals surface area contributed by atoms with Crippen molar-refractivity contribution in [2.24, 2.45) is 0 Å². The summed E-state index contributed by atoms with van der Waals surface area (Å²) in [6.07, 6.45) is 1.56. The minimum absolute atomic E-state index is 0.205. The first-order chi connectivity index (χ1) is 14.5. The van der Waals surface area contributed by atoms with Crippen LogP contribution < -0.4 is 15.5 Å². The number of nitrogens with one attached hydrogen (secondary N) is 2. The van der Waals surface area contributed by atoms with Crippen LogP contribution in [-0.4, -0.2) is 23.5 Å². The Morgan fingerprint density at radius 1 is 1.10 bits per heavy atom. The van der Waals surface area contributed by atoms with E-state index in [0.29, 0.717) is 23.5 Å². The molecule has 0 spiro atoms. The zero-order valence-corrected chi connectivity index (χ0v) is 16.8. The number of anilines is 2. The van der Waals surface area contributed by atoms with E-state index in [-0.39, 0.29) is 23.9 Å². The van der Waals surface area contributed by atoms with Gasteiger partial charge in [-0.1, -0.05) is 49.4 Å². The number of hydrogen-bond donors (Lipinski definition) is 2. The topological polar surface area (TPSA) is 74.3 Å². The Bertz CT molecular complexity index is 1170. The summed E-state index contributed by atoms with van der Waals surface area (Å²) in [5.41, 5.74) is 5.84. The van der Waals surface area contributed by atoms with Gasteiger partial charge in [-0.05, 0) is 35.7 Å². The second kappa shape index (κ2) is 6.99. The highest BCUT2D eigenvalue weighted by Gasteiger charge is 2.36. The molecule has 0 radical (unpaired) electrons. The summed E-state index contributed by atoms with van der Waals surface area (Å²) in [4.78, 5) is 31.8. The molecule has 2 aromatic carbocycles. The van der Waals surface area contributed by atoms with Gasteiger partial charge >= 0.3 is 6.03 Å². The number of benzene rings is 2. The Kier molecular flexibility index (Phi) is 4.28. The third-order valence-electron chi connectivity index (χ3n) is 5.97. The molecule has 6 heteroatoms. The van der Waals surface area contributed by atoms with Gasteiger partial charge in [-0.15, -0.1) is 0 Å². The second-order valence-corrected chi connectivity index (χ2v) is 7.88. The van der Waals surface area contributed by atoms with E-state index in [1.807, 2.05) is 49.4 Å². The highest BCUT2D eigenvalue weighted by molar-refractivity contribution is 6.06. The van der Waals surface area contributed by atoms with Crippen molar-refractivity contribution in [3.05, 3.63) is 88.7 Å². The molecular formula is C24H22N4O2. The molecule has 2 aliphatic rings. The van der Waals surface area contributed by atoms with Gasteiger partial charge in [0, 0.05) is 29.9 Å². The molecule has 2 N–H and O–H groups in total. The van der Waals surface area contributed by atoms with Crippen molar-refractivity contribution in [1.82, 2.24) is 10.3 Å². The van der Waals surface area contributed by atoms with Gasteiger partial charge in [0.25, 0.3) is 5.91 Å². The number of pyridine rings is 1. The van der Waals surface area contributed by atoms with E-state index in [2.05, 4.69) is 28.6 Å². The molecular weight excluding hydrogens is 376 g/mol. The fourth-order valence-electron chi connectivity index (χ4n) is 4.47. The van der Waals surface area contributed by atoms with E-state index in [9.17, 15) is 9.59 Å². The Balaban J connectivity index is 1.51. The number of carbonyl (C=O) groups excluding carboxylic acids is 2. The number of fused-ring (bicyclic) bond motifs is 2. The van der Waals surface area contributed by atoms with E-state index in [1.165, 1.54) is 5.56 Å². The SMILES string of the molecule is Cc1ccccc1C1NC(=O)c2nccc(NC(=O)N3CC(C)c4ccccc43)c21. The van der Waals surface area contributed by atoms with Crippen LogP contribution in [0.2, 0.25) is 0 Å². The first-order valence-electron chi connectivity index (χ1n) is 10.1. The molecule has 3 aromatic rings. The Labute approximate surface area is 174 Å². The first kappa shape index (κ1) is 18.4. The van der Waals surface area contributed by atoms with Gasteiger partial charge < -0.3 is 10.6 Å². The monoisotopic (exact) mass is 398 g/mol. The van der Waals surface area contributed by atoms with Gasteiger partial charge in [-0.2, -0.15) is 0 Å². The predicted molar refractivity (Wildman–Crippen MR) is 116 cm³/mol. The van der Waals surface area contributed by atoms with Crippen molar-refractivity contribution in [1.29, 1.82) is 0 Å². The van der Waals surface area contributed by atoms with Crippen LogP contribution in [0, 0.1) is 6.92 Å². The van der Waals surface area contributed by atoms with Crippen LogP contribution in [0.15, 0.2) is 60.8 Å². The number of amides is 3. The molecule has 6 nitrogen and oxygen atoms in total. The van der Waals surface area contributed by atoms with Crippen molar-refractivity contribution in [3.63, 3.8) is 0 Å². The Hall–Kier alpha value is -3.67. The molecule has 150 valence electrons. The van der Waals surface area contributed by atoms with Gasteiger partial charge in [0.15, 0.2) is 0 Å². The molecule has 0 bridgehead atoms. The summed E-state index contributed by atoms with van der Waals surface area (Å²) in [5, 5.41) is 6.06. The fourth-order valence-corrected chi connectivity index (χ4v) is 4.47. The van der Waals surface area contributed by atoms with Crippen molar-refractivity contribution in [3.8, 4) is 0 Å². The molecule has 0 aliphatic carbocycles. The van der Waals surface area contributed by atoms with E-state index in [4.69, 9.17) is 0 Å². The number of aryl methyl sites for hydroxylation is 1. The minimum Gasteiger partial charge on any atom is -0.340 e. The highest BCUT2D eigenvalue weighted by Crippen LogP contribution is 2.38. The maximum Gasteiger partial charge on any atom is 0.326 e. The average Bonchev–Trinajstić information content (AvgIpc) is 3.27. The molecule has 3 heterocycles. The van der Waals surface area contributed by atoms with E-state index in [1.54, 1.807) is 17.2 Å². The van der Waals surface area contributed by atoms with E-state index < -0.39 is 0 Å². The molecule has 1 aromatic heterocycles. The second-order valence-electron chi connectivity index (χ2n) is 7.88. The predicted octanol–water partition coefficient (Wildman–Crippen LogP) is 4.38. The molecule has 0 saturated heterocycles. The molecule has 2 aliphatic heterocycles. The van der Waals surface area contributed by atoms with Crippen LogP contribution in [0.5, 0.6) is 0 Å². The van der Waals surface area contributed by atoms with Gasteiger partial charge in [0.2, 0.25) is 0 Å². The number of aromatic nitrogens is 1. The number of rotatable bonds is 2. The minimum atomic E-state index is -0.345. The lowest BCUT2D eigenvalue weighted by molar-refractivity contribution is 0.0956. The molecule has 2 atom stereocenters. The van der Waals surface area contributed by atoms with Crippen LogP contribution in [-0.2, 0) is 0 Å². The standard InChI is InChI=1S/C24H22N4O2/c1-14-7-3-4-9-17(14)21-20-18(11-12-25-22(20)23(29)27-21)26-24(30)28-13-15(2)16-8-5-6-10-19(16)28/h3-12,15,21H,13H2,1-2H3,(H,27,29)(H,25,26,30). The van der Waals surface area contributed by atoms with Crippen LogP contribution in [0.25, 0.3) is 0 Å². The third kappa shape index (κ3) is 2.84.